The van der Waals surface area contributed by atoms with Crippen LogP contribution in [0.15, 0.2) is 36.5 Å². The second-order valence-corrected chi connectivity index (χ2v) is 5.43. The summed E-state index contributed by atoms with van der Waals surface area (Å²) in [7, 11) is 0. The molecule has 3 rings (SSSR count). The number of carbonyl (C=O) groups excluding carboxylic acids is 1. The van der Waals surface area contributed by atoms with Crippen LogP contribution >= 0.6 is 22.6 Å². The van der Waals surface area contributed by atoms with Gasteiger partial charge in [0.1, 0.15) is 11.6 Å². The number of nitrogens with one attached hydrogen (secondary N) is 2. The molecule has 0 aliphatic rings. The summed E-state index contributed by atoms with van der Waals surface area (Å²) >= 11 is 1.57. The number of halogens is 3. The Bertz CT molecular complexity index is 824. The lowest BCUT2D eigenvalue weighted by molar-refractivity contribution is 0.102. The number of aromatic nitrogens is 2. The number of fused-ring (bicyclic) bond motifs is 1. The van der Waals surface area contributed by atoms with E-state index in [1.165, 1.54) is 0 Å². The fraction of sp³-hybridized carbons (Fsp3) is 0. The molecule has 3 aromatic rings. The number of nitrogens with zero attached hydrogens (tertiary/aromatic N) is 1. The van der Waals surface area contributed by atoms with E-state index in [9.17, 15) is 13.6 Å². The number of carbonyl (C=O) groups is 1. The number of para-hydroxylation sites is 1. The van der Waals surface area contributed by atoms with Gasteiger partial charge < -0.3 is 5.32 Å². The summed E-state index contributed by atoms with van der Waals surface area (Å²) < 4.78 is 26.9. The lowest BCUT2D eigenvalue weighted by Crippen LogP contribution is -2.13. The Hall–Kier alpha value is -2.03. The average molecular weight is 399 g/mol. The third-order valence-electron chi connectivity index (χ3n) is 2.96. The van der Waals surface area contributed by atoms with Crippen molar-refractivity contribution >= 4 is 45.1 Å². The zero-order valence-corrected chi connectivity index (χ0v) is 12.6. The van der Waals surface area contributed by atoms with Crippen molar-refractivity contribution in [3.05, 3.63) is 57.3 Å². The molecule has 0 saturated heterocycles. The summed E-state index contributed by atoms with van der Waals surface area (Å²) in [5.41, 5.74) is 0.984. The van der Waals surface area contributed by atoms with Crippen molar-refractivity contribution in [2.45, 2.75) is 0 Å². The topological polar surface area (TPSA) is 57.8 Å². The van der Waals surface area contributed by atoms with Gasteiger partial charge in [0.25, 0.3) is 5.91 Å². The Kier molecular flexibility index (Phi) is 3.58. The normalized spacial score (nSPS) is 10.8. The zero-order valence-electron chi connectivity index (χ0n) is 10.5. The maximum Gasteiger partial charge on any atom is 0.257 e. The van der Waals surface area contributed by atoms with Crippen LogP contribution in [0.1, 0.15) is 10.4 Å². The second kappa shape index (κ2) is 5.40. The highest BCUT2D eigenvalue weighted by Crippen LogP contribution is 2.22. The van der Waals surface area contributed by atoms with E-state index < -0.39 is 17.5 Å². The lowest BCUT2D eigenvalue weighted by atomic mass is 10.1. The van der Waals surface area contributed by atoms with Gasteiger partial charge in [0.15, 0.2) is 0 Å². The Morgan fingerprint density at radius 2 is 1.95 bits per heavy atom. The molecule has 7 heteroatoms. The molecule has 21 heavy (non-hydrogen) atoms. The number of H-pyrrole nitrogens is 1. The molecule has 1 amide bonds. The van der Waals surface area contributed by atoms with Gasteiger partial charge in [-0.25, -0.2) is 8.78 Å². The van der Waals surface area contributed by atoms with E-state index >= 15 is 0 Å². The quantitative estimate of drug-likeness (QED) is 0.510. The number of anilines is 1. The molecule has 0 unspecified atom stereocenters. The molecule has 4 nitrogen and oxygen atoms in total. The highest BCUT2D eigenvalue weighted by molar-refractivity contribution is 14.1. The van der Waals surface area contributed by atoms with Gasteiger partial charge >= 0.3 is 0 Å². The summed E-state index contributed by atoms with van der Waals surface area (Å²) in [6.07, 6.45) is 1.59. The van der Waals surface area contributed by atoms with Crippen LogP contribution in [0.4, 0.5) is 14.5 Å². The summed E-state index contributed by atoms with van der Waals surface area (Å²) in [5, 5.41) is 9.85. The van der Waals surface area contributed by atoms with Gasteiger partial charge in [0.05, 0.1) is 20.8 Å². The Morgan fingerprint density at radius 1 is 1.24 bits per heavy atom. The molecule has 106 valence electrons. The number of benzene rings is 2. The molecule has 0 atom stereocenters. The van der Waals surface area contributed by atoms with Crippen molar-refractivity contribution in [3.63, 3.8) is 0 Å². The first-order chi connectivity index (χ1) is 10.1. The molecular weight excluding hydrogens is 391 g/mol. The van der Waals surface area contributed by atoms with Crippen LogP contribution < -0.4 is 5.32 Å². The second-order valence-electron chi connectivity index (χ2n) is 4.35. The van der Waals surface area contributed by atoms with E-state index in [4.69, 9.17) is 0 Å². The Balaban J connectivity index is 1.95. The van der Waals surface area contributed by atoms with Crippen LogP contribution in [0.5, 0.6) is 0 Å². The zero-order chi connectivity index (χ0) is 15.0. The monoisotopic (exact) mass is 399 g/mol. The molecule has 0 radical (unpaired) electrons. The van der Waals surface area contributed by atoms with Gasteiger partial charge in [0, 0.05) is 11.1 Å². The molecule has 0 fully saturated rings. The summed E-state index contributed by atoms with van der Waals surface area (Å²) in [6, 6.07) is 7.28. The third-order valence-corrected chi connectivity index (χ3v) is 3.99. The molecular formula is C14H8F2IN3O. The summed E-state index contributed by atoms with van der Waals surface area (Å²) in [6.45, 7) is 0. The van der Waals surface area contributed by atoms with Crippen LogP contribution in [-0.4, -0.2) is 16.1 Å². The summed E-state index contributed by atoms with van der Waals surface area (Å²) in [5.74, 6) is -1.90. The van der Waals surface area contributed by atoms with E-state index in [2.05, 4.69) is 15.5 Å². The smallest absolute Gasteiger partial charge is 0.257 e. The lowest BCUT2D eigenvalue weighted by Gasteiger charge is -2.07. The maximum absolute atomic E-state index is 13.5. The standard InChI is InChI=1S/C14H8F2IN3O/c15-10-4-8(5-11(16)12(10)17)19-14(21)9-3-1-2-7-6-18-20-13(7)9/h1-6H,(H,18,20)(H,19,21). The largest absolute Gasteiger partial charge is 0.322 e. The minimum atomic E-state index is -0.717. The minimum Gasteiger partial charge on any atom is -0.322 e. The first kappa shape index (κ1) is 13.9. The number of rotatable bonds is 2. The van der Waals surface area contributed by atoms with Crippen molar-refractivity contribution in [3.8, 4) is 0 Å². The predicted molar refractivity (Wildman–Crippen MR) is 83.1 cm³/mol. The molecule has 2 aromatic carbocycles. The maximum atomic E-state index is 13.5. The van der Waals surface area contributed by atoms with Crippen molar-refractivity contribution in [1.29, 1.82) is 0 Å². The fourth-order valence-electron chi connectivity index (χ4n) is 1.98. The number of amides is 1. The molecule has 2 N–H and O–H groups in total. The third kappa shape index (κ3) is 2.60. The highest BCUT2D eigenvalue weighted by Gasteiger charge is 2.14. The molecule has 1 heterocycles. The first-order valence-corrected chi connectivity index (χ1v) is 7.02. The number of aromatic amines is 1. The number of hydrogen-bond acceptors (Lipinski definition) is 2. The number of hydrogen-bond donors (Lipinski definition) is 2. The van der Waals surface area contributed by atoms with Crippen LogP contribution in [0.2, 0.25) is 0 Å². The van der Waals surface area contributed by atoms with Gasteiger partial charge in [-0.15, -0.1) is 0 Å². The van der Waals surface area contributed by atoms with Gasteiger partial charge in [0.2, 0.25) is 0 Å². The fourth-order valence-corrected chi connectivity index (χ4v) is 2.30. The molecule has 0 spiro atoms. The van der Waals surface area contributed by atoms with E-state index in [1.54, 1.807) is 47.0 Å². The van der Waals surface area contributed by atoms with E-state index in [0.717, 1.165) is 17.5 Å². The predicted octanol–water partition coefficient (Wildman–Crippen LogP) is 3.70. The van der Waals surface area contributed by atoms with Gasteiger partial charge in [-0.1, -0.05) is 12.1 Å². The van der Waals surface area contributed by atoms with Gasteiger partial charge in [-0.05, 0) is 40.8 Å². The van der Waals surface area contributed by atoms with E-state index in [-0.39, 0.29) is 9.26 Å². The van der Waals surface area contributed by atoms with Crippen LogP contribution in [-0.2, 0) is 0 Å². The molecule has 0 saturated carbocycles. The van der Waals surface area contributed by atoms with E-state index in [1.807, 2.05) is 0 Å². The highest BCUT2D eigenvalue weighted by atomic mass is 127. The molecule has 1 aromatic heterocycles. The van der Waals surface area contributed by atoms with Crippen molar-refractivity contribution < 1.29 is 13.6 Å². The van der Waals surface area contributed by atoms with E-state index in [0.29, 0.717) is 11.1 Å². The van der Waals surface area contributed by atoms with Gasteiger partial charge in [-0.2, -0.15) is 5.10 Å². The first-order valence-electron chi connectivity index (χ1n) is 5.94. The molecule has 0 aliphatic heterocycles. The Labute approximate surface area is 131 Å². The van der Waals surface area contributed by atoms with Crippen molar-refractivity contribution in [2.75, 3.05) is 5.32 Å². The molecule has 0 aliphatic carbocycles. The summed E-state index contributed by atoms with van der Waals surface area (Å²) in [4.78, 5) is 12.2. The Morgan fingerprint density at radius 3 is 2.67 bits per heavy atom. The van der Waals surface area contributed by atoms with Crippen molar-refractivity contribution in [2.24, 2.45) is 0 Å². The average Bonchev–Trinajstić information content (AvgIpc) is 2.92. The van der Waals surface area contributed by atoms with Crippen LogP contribution in [0, 0.1) is 15.2 Å². The van der Waals surface area contributed by atoms with Crippen LogP contribution in [0.25, 0.3) is 10.9 Å². The SMILES string of the molecule is O=C(Nc1cc(F)c(I)c(F)c1)c1cccc2cn[nH]c12. The van der Waals surface area contributed by atoms with Gasteiger partial charge in [-0.3, -0.25) is 9.89 Å². The van der Waals surface area contributed by atoms with Crippen molar-refractivity contribution in [1.82, 2.24) is 10.2 Å². The molecule has 0 bridgehead atoms. The minimum absolute atomic E-state index is 0.0620. The van der Waals surface area contributed by atoms with Crippen LogP contribution in [0.3, 0.4) is 0 Å².